The van der Waals surface area contributed by atoms with Crippen molar-refractivity contribution in [1.82, 2.24) is 10.3 Å². The van der Waals surface area contributed by atoms with Crippen molar-refractivity contribution in [1.29, 1.82) is 0 Å². The van der Waals surface area contributed by atoms with E-state index >= 15 is 0 Å². The van der Waals surface area contributed by atoms with Crippen LogP contribution in [0.5, 0.6) is 0 Å². The number of hydrogen-bond acceptors (Lipinski definition) is 5. The Balaban J connectivity index is 2.77. The van der Waals surface area contributed by atoms with Gasteiger partial charge in [0, 0.05) is 11.1 Å². The summed E-state index contributed by atoms with van der Waals surface area (Å²) in [6.45, 7) is 6.12. The zero-order valence-electron chi connectivity index (χ0n) is 12.1. The normalized spacial score (nSPS) is 12.4. The van der Waals surface area contributed by atoms with E-state index in [1.165, 1.54) is 4.88 Å². The number of oxime groups is 1. The fourth-order valence-electron chi connectivity index (χ4n) is 2.06. The number of hydrogen-bond donors (Lipinski definition) is 3. The fourth-order valence-corrected chi connectivity index (χ4v) is 2.87. The van der Waals surface area contributed by atoms with E-state index in [0.717, 1.165) is 11.4 Å². The predicted molar refractivity (Wildman–Crippen MR) is 79.8 cm³/mol. The molecule has 1 aromatic heterocycles. The molecule has 0 unspecified atom stereocenters. The van der Waals surface area contributed by atoms with Crippen molar-refractivity contribution in [2.75, 3.05) is 0 Å². The predicted octanol–water partition coefficient (Wildman–Crippen LogP) is 1.87. The Bertz CT molecular complexity index is 480. The average molecular weight is 298 g/mol. The second-order valence-corrected chi connectivity index (χ2v) is 5.73. The molecule has 0 bridgehead atoms. The first-order chi connectivity index (χ1) is 9.53. The van der Waals surface area contributed by atoms with Gasteiger partial charge in [0.05, 0.1) is 6.54 Å². The summed E-state index contributed by atoms with van der Waals surface area (Å²) in [5.41, 5.74) is 4.74. The number of rotatable bonds is 7. The highest BCUT2D eigenvalue weighted by atomic mass is 32.1. The van der Waals surface area contributed by atoms with Gasteiger partial charge in [-0.2, -0.15) is 0 Å². The molecular weight excluding hydrogens is 276 g/mol. The first-order valence-corrected chi connectivity index (χ1v) is 7.55. The molecule has 0 aliphatic heterocycles. The minimum Gasteiger partial charge on any atom is -0.409 e. The molecule has 20 heavy (non-hydrogen) atoms. The van der Waals surface area contributed by atoms with E-state index in [0.29, 0.717) is 19.4 Å². The third-order valence-corrected chi connectivity index (χ3v) is 4.73. The summed E-state index contributed by atoms with van der Waals surface area (Å²) in [6, 6.07) is 0. The number of nitrogens with two attached hydrogens (primary N) is 1. The smallest absolute Gasteiger partial charge is 0.234 e. The molecule has 0 fully saturated rings. The summed E-state index contributed by atoms with van der Waals surface area (Å²) < 4.78 is 0. The minimum absolute atomic E-state index is 0.0478. The molecule has 0 saturated carbocycles. The summed E-state index contributed by atoms with van der Waals surface area (Å²) >= 11 is 1.58. The second-order valence-electron chi connectivity index (χ2n) is 4.53. The van der Waals surface area contributed by atoms with E-state index in [4.69, 9.17) is 10.9 Å². The van der Waals surface area contributed by atoms with Crippen molar-refractivity contribution in [3.8, 4) is 0 Å². The summed E-state index contributed by atoms with van der Waals surface area (Å²) in [4.78, 5) is 17.8. The molecule has 6 nitrogen and oxygen atoms in total. The maximum atomic E-state index is 12.4. The van der Waals surface area contributed by atoms with Gasteiger partial charge in [-0.25, -0.2) is 4.98 Å². The lowest BCUT2D eigenvalue weighted by Gasteiger charge is -2.28. The van der Waals surface area contributed by atoms with Gasteiger partial charge in [0.25, 0.3) is 0 Å². The maximum Gasteiger partial charge on any atom is 0.234 e. The van der Waals surface area contributed by atoms with Crippen molar-refractivity contribution < 1.29 is 10.0 Å². The van der Waals surface area contributed by atoms with Crippen LogP contribution < -0.4 is 11.1 Å². The average Bonchev–Trinajstić information content (AvgIpc) is 2.94. The number of aryl methyl sites for hydroxylation is 1. The monoisotopic (exact) mass is 298 g/mol. The van der Waals surface area contributed by atoms with Crippen LogP contribution in [0.1, 0.15) is 43.5 Å². The largest absolute Gasteiger partial charge is 0.409 e. The van der Waals surface area contributed by atoms with E-state index in [-0.39, 0.29) is 11.7 Å². The van der Waals surface area contributed by atoms with Crippen LogP contribution in [0.15, 0.2) is 11.4 Å². The zero-order chi connectivity index (χ0) is 15.2. The third-order valence-electron chi connectivity index (χ3n) is 3.59. The molecule has 1 heterocycles. The van der Waals surface area contributed by atoms with Gasteiger partial charge in [0.15, 0.2) is 5.84 Å². The van der Waals surface area contributed by atoms with Crippen LogP contribution in [-0.2, 0) is 17.8 Å². The van der Waals surface area contributed by atoms with Crippen LogP contribution in [-0.4, -0.2) is 21.9 Å². The molecule has 1 rings (SSSR count). The molecule has 0 aliphatic carbocycles. The van der Waals surface area contributed by atoms with Crippen molar-refractivity contribution >= 4 is 23.1 Å². The number of amidine groups is 1. The first-order valence-electron chi connectivity index (χ1n) is 6.73. The van der Waals surface area contributed by atoms with Gasteiger partial charge < -0.3 is 16.3 Å². The number of amides is 1. The molecule has 0 aromatic carbocycles. The Kier molecular flexibility index (Phi) is 5.94. The Morgan fingerprint density at radius 2 is 2.15 bits per heavy atom. The van der Waals surface area contributed by atoms with Crippen molar-refractivity contribution in [2.24, 2.45) is 16.3 Å². The van der Waals surface area contributed by atoms with E-state index in [1.54, 1.807) is 11.3 Å². The number of aromatic nitrogens is 1. The van der Waals surface area contributed by atoms with Gasteiger partial charge in [0.2, 0.25) is 5.91 Å². The van der Waals surface area contributed by atoms with Crippen molar-refractivity contribution in [3.05, 3.63) is 16.1 Å². The summed E-state index contributed by atoms with van der Waals surface area (Å²) in [5, 5.41) is 15.6. The van der Waals surface area contributed by atoms with Crippen LogP contribution in [0.25, 0.3) is 0 Å². The van der Waals surface area contributed by atoms with Gasteiger partial charge in [-0.15, -0.1) is 11.3 Å². The van der Waals surface area contributed by atoms with Gasteiger partial charge in [0.1, 0.15) is 10.4 Å². The Hall–Kier alpha value is -1.63. The Labute approximate surface area is 123 Å². The third kappa shape index (κ3) is 3.27. The number of thiazole rings is 1. The topological polar surface area (TPSA) is 101 Å². The molecule has 7 heteroatoms. The number of nitrogens with one attached hydrogen (secondary N) is 1. The van der Waals surface area contributed by atoms with Crippen LogP contribution in [0, 0.1) is 5.41 Å². The van der Waals surface area contributed by atoms with E-state index in [1.807, 2.05) is 20.0 Å². The Morgan fingerprint density at radius 3 is 2.60 bits per heavy atom. The molecule has 1 amide bonds. The van der Waals surface area contributed by atoms with Crippen LogP contribution in [0.3, 0.4) is 0 Å². The molecule has 1 aromatic rings. The van der Waals surface area contributed by atoms with Crippen molar-refractivity contribution in [2.45, 2.75) is 46.6 Å². The van der Waals surface area contributed by atoms with Crippen molar-refractivity contribution in [3.63, 3.8) is 0 Å². The molecule has 0 radical (unpaired) electrons. The molecule has 4 N–H and O–H groups in total. The van der Waals surface area contributed by atoms with Gasteiger partial charge >= 0.3 is 0 Å². The number of carbonyl (C=O) groups is 1. The lowest BCUT2D eigenvalue weighted by Crippen LogP contribution is -2.49. The quantitative estimate of drug-likeness (QED) is 0.309. The van der Waals surface area contributed by atoms with Gasteiger partial charge in [-0.05, 0) is 19.3 Å². The molecular formula is C13H22N4O2S. The maximum absolute atomic E-state index is 12.4. The molecule has 112 valence electrons. The number of carbonyl (C=O) groups excluding carboxylic acids is 1. The first kappa shape index (κ1) is 16.4. The van der Waals surface area contributed by atoms with Crippen LogP contribution in [0.2, 0.25) is 0 Å². The second kappa shape index (κ2) is 7.23. The summed E-state index contributed by atoms with van der Waals surface area (Å²) in [6.07, 6.45) is 3.71. The molecule has 0 atom stereocenters. The van der Waals surface area contributed by atoms with Crippen LogP contribution >= 0.6 is 11.3 Å². The molecule has 0 aliphatic rings. The molecule has 0 spiro atoms. The Morgan fingerprint density at radius 1 is 1.50 bits per heavy atom. The highest BCUT2D eigenvalue weighted by Crippen LogP contribution is 2.27. The van der Waals surface area contributed by atoms with E-state index in [2.05, 4.69) is 22.4 Å². The van der Waals surface area contributed by atoms with Gasteiger partial charge in [-0.1, -0.05) is 25.9 Å². The number of nitrogens with zero attached hydrogens (tertiary/aromatic N) is 2. The summed E-state index contributed by atoms with van der Waals surface area (Å²) in [7, 11) is 0. The SMILES string of the molecule is CCc1cnc(CNC(=O)C(CC)(CC)C(N)=NO)s1. The standard InChI is InChI=1S/C13H22N4O2S/c1-4-9-7-15-10(20-9)8-16-12(18)13(5-2,6-3)11(14)17-19/h7,19H,4-6,8H2,1-3H3,(H2,14,17)(H,16,18). The van der Waals surface area contributed by atoms with Gasteiger partial charge in [-0.3, -0.25) is 4.79 Å². The lowest BCUT2D eigenvalue weighted by molar-refractivity contribution is -0.128. The minimum atomic E-state index is -0.959. The van der Waals surface area contributed by atoms with Crippen LogP contribution in [0.4, 0.5) is 0 Å². The summed E-state index contributed by atoms with van der Waals surface area (Å²) in [5.74, 6) is -0.278. The van der Waals surface area contributed by atoms with E-state index < -0.39 is 5.41 Å². The van der Waals surface area contributed by atoms with E-state index in [9.17, 15) is 4.79 Å². The fraction of sp³-hybridized carbons (Fsp3) is 0.615. The highest BCUT2D eigenvalue weighted by molar-refractivity contribution is 7.11. The highest BCUT2D eigenvalue weighted by Gasteiger charge is 2.39. The zero-order valence-corrected chi connectivity index (χ0v) is 13.0. The molecule has 0 saturated heterocycles. The lowest BCUT2D eigenvalue weighted by atomic mass is 9.80.